The van der Waals surface area contributed by atoms with E-state index in [0.29, 0.717) is 0 Å². The first-order chi connectivity index (χ1) is 6.10. The predicted octanol–water partition coefficient (Wildman–Crippen LogP) is -0.112. The highest BCUT2D eigenvalue weighted by Gasteiger charge is 2.36. The lowest BCUT2D eigenvalue weighted by Gasteiger charge is -2.24. The minimum absolute atomic E-state index is 0.266. The molecule has 0 saturated carbocycles. The second-order valence-corrected chi connectivity index (χ2v) is 5.94. The van der Waals surface area contributed by atoms with Gasteiger partial charge in [-0.05, 0) is 12.8 Å². The van der Waals surface area contributed by atoms with Crippen molar-refractivity contribution >= 4 is 8.80 Å². The number of hydrogen-bond donors (Lipinski definition) is 2. The van der Waals surface area contributed by atoms with E-state index >= 15 is 0 Å². The van der Waals surface area contributed by atoms with Gasteiger partial charge >= 0.3 is 8.80 Å². The quantitative estimate of drug-likeness (QED) is 0.451. The Bertz CT molecular complexity index is 123. The third-order valence-corrected chi connectivity index (χ3v) is 4.79. The monoisotopic (exact) mass is 208 g/mol. The molecular weight excluding hydrogens is 188 g/mol. The molecule has 80 valence electrons. The molecule has 0 aliphatic carbocycles. The van der Waals surface area contributed by atoms with Crippen LogP contribution in [0.1, 0.15) is 12.8 Å². The lowest BCUT2D eigenvalue weighted by atomic mass is 10.3. The first-order valence-corrected chi connectivity index (χ1v) is 6.20. The van der Waals surface area contributed by atoms with Gasteiger partial charge in [0.2, 0.25) is 0 Å². The topological polar surface area (TPSA) is 79.7 Å². The summed E-state index contributed by atoms with van der Waals surface area (Å²) in [6.07, 6.45) is 1.35. The van der Waals surface area contributed by atoms with Crippen molar-refractivity contribution in [3.63, 3.8) is 0 Å². The standard InChI is InChI=1S/C7H20N2O3Si/c1-10-13(11-2,12-3)6-4-5-7(8)9/h7H,4-6,8-9H2,1-3H3. The van der Waals surface area contributed by atoms with Crippen LogP contribution in [0.2, 0.25) is 6.04 Å². The van der Waals surface area contributed by atoms with Gasteiger partial charge in [-0.2, -0.15) is 0 Å². The summed E-state index contributed by atoms with van der Waals surface area (Å²) in [6.45, 7) is 0. The highest BCUT2D eigenvalue weighted by atomic mass is 28.4. The fourth-order valence-electron chi connectivity index (χ4n) is 1.11. The van der Waals surface area contributed by atoms with Crippen LogP contribution in [0.4, 0.5) is 0 Å². The summed E-state index contributed by atoms with van der Waals surface area (Å²) in [5.41, 5.74) is 10.8. The number of nitrogens with two attached hydrogens (primary N) is 2. The van der Waals surface area contributed by atoms with E-state index in [1.54, 1.807) is 21.3 Å². The van der Waals surface area contributed by atoms with Gasteiger partial charge in [-0.1, -0.05) is 0 Å². The molecule has 13 heavy (non-hydrogen) atoms. The summed E-state index contributed by atoms with van der Waals surface area (Å²) in [5.74, 6) is 0. The minimum atomic E-state index is -2.40. The number of rotatable bonds is 7. The van der Waals surface area contributed by atoms with Gasteiger partial charge in [0.1, 0.15) is 0 Å². The van der Waals surface area contributed by atoms with Crippen LogP contribution >= 0.6 is 0 Å². The second kappa shape index (κ2) is 6.47. The molecule has 0 radical (unpaired) electrons. The Morgan fingerprint density at radius 1 is 1.08 bits per heavy atom. The van der Waals surface area contributed by atoms with Crippen molar-refractivity contribution in [2.75, 3.05) is 21.3 Å². The van der Waals surface area contributed by atoms with Gasteiger partial charge in [-0.3, -0.25) is 0 Å². The minimum Gasteiger partial charge on any atom is -0.377 e. The first kappa shape index (κ1) is 13.0. The Hall–Kier alpha value is 0.0169. The lowest BCUT2D eigenvalue weighted by Crippen LogP contribution is -2.43. The van der Waals surface area contributed by atoms with E-state index in [0.717, 1.165) is 18.9 Å². The molecular formula is C7H20N2O3Si. The van der Waals surface area contributed by atoms with E-state index in [1.807, 2.05) is 0 Å². The van der Waals surface area contributed by atoms with Crippen molar-refractivity contribution in [2.24, 2.45) is 11.5 Å². The average Bonchev–Trinajstić information content (AvgIpc) is 2.13. The molecule has 0 fully saturated rings. The SMILES string of the molecule is CO[Si](CCCC(N)N)(OC)OC. The van der Waals surface area contributed by atoms with Crippen molar-refractivity contribution < 1.29 is 13.3 Å². The summed E-state index contributed by atoms with van der Waals surface area (Å²) in [6, 6.07) is 0.751. The second-order valence-electron chi connectivity index (χ2n) is 2.85. The van der Waals surface area contributed by atoms with Crippen molar-refractivity contribution in [1.29, 1.82) is 0 Å². The molecule has 0 aromatic carbocycles. The summed E-state index contributed by atoms with van der Waals surface area (Å²) in [5, 5.41) is 0. The molecule has 0 aromatic heterocycles. The summed E-state index contributed by atoms with van der Waals surface area (Å²) < 4.78 is 15.7. The zero-order valence-corrected chi connectivity index (χ0v) is 9.58. The molecule has 5 nitrogen and oxygen atoms in total. The zero-order chi connectivity index (χ0) is 10.3. The predicted molar refractivity (Wildman–Crippen MR) is 53.0 cm³/mol. The van der Waals surface area contributed by atoms with Gasteiger partial charge in [-0.15, -0.1) is 0 Å². The van der Waals surface area contributed by atoms with Crippen LogP contribution < -0.4 is 11.5 Å². The molecule has 4 N–H and O–H groups in total. The van der Waals surface area contributed by atoms with Crippen LogP contribution in [0.25, 0.3) is 0 Å². The first-order valence-electron chi connectivity index (χ1n) is 4.27. The molecule has 0 bridgehead atoms. The van der Waals surface area contributed by atoms with Crippen molar-refractivity contribution in [3.05, 3.63) is 0 Å². The summed E-state index contributed by atoms with van der Waals surface area (Å²) >= 11 is 0. The molecule has 0 unspecified atom stereocenters. The zero-order valence-electron chi connectivity index (χ0n) is 8.58. The molecule has 0 heterocycles. The Balaban J connectivity index is 3.81. The van der Waals surface area contributed by atoms with Crippen LogP contribution in [-0.4, -0.2) is 36.3 Å². The molecule has 0 saturated heterocycles. The third kappa shape index (κ3) is 4.70. The fourth-order valence-corrected chi connectivity index (χ4v) is 2.86. The molecule has 0 rings (SSSR count). The Morgan fingerprint density at radius 3 is 1.85 bits per heavy atom. The fraction of sp³-hybridized carbons (Fsp3) is 1.00. The van der Waals surface area contributed by atoms with Gasteiger partial charge in [0.05, 0.1) is 6.17 Å². The van der Waals surface area contributed by atoms with E-state index in [4.69, 9.17) is 24.7 Å². The Kier molecular flexibility index (Phi) is 6.48. The molecule has 0 aliphatic rings. The summed E-state index contributed by atoms with van der Waals surface area (Å²) in [4.78, 5) is 0. The molecule has 0 aromatic rings. The molecule has 6 heteroatoms. The van der Waals surface area contributed by atoms with E-state index in [-0.39, 0.29) is 6.17 Å². The van der Waals surface area contributed by atoms with Crippen LogP contribution in [0.5, 0.6) is 0 Å². The van der Waals surface area contributed by atoms with Crippen molar-refractivity contribution in [1.82, 2.24) is 0 Å². The molecule has 0 spiro atoms. The highest BCUT2D eigenvalue weighted by Crippen LogP contribution is 2.16. The van der Waals surface area contributed by atoms with E-state index in [1.165, 1.54) is 0 Å². The van der Waals surface area contributed by atoms with Gasteiger partial charge in [0.25, 0.3) is 0 Å². The van der Waals surface area contributed by atoms with Crippen LogP contribution in [0.15, 0.2) is 0 Å². The highest BCUT2D eigenvalue weighted by molar-refractivity contribution is 6.60. The smallest absolute Gasteiger partial charge is 0.377 e. The molecule has 0 amide bonds. The maximum atomic E-state index is 5.42. The van der Waals surface area contributed by atoms with Gasteiger partial charge < -0.3 is 24.7 Å². The van der Waals surface area contributed by atoms with Crippen molar-refractivity contribution in [2.45, 2.75) is 25.1 Å². The van der Waals surface area contributed by atoms with Crippen LogP contribution in [-0.2, 0) is 13.3 Å². The Labute approximate surface area is 80.7 Å². The maximum Gasteiger partial charge on any atom is 0.500 e. The van der Waals surface area contributed by atoms with E-state index in [2.05, 4.69) is 0 Å². The van der Waals surface area contributed by atoms with E-state index in [9.17, 15) is 0 Å². The summed E-state index contributed by atoms with van der Waals surface area (Å²) in [7, 11) is 2.40. The number of hydrogen-bond acceptors (Lipinski definition) is 5. The van der Waals surface area contributed by atoms with Gasteiger partial charge in [0, 0.05) is 27.4 Å². The maximum absolute atomic E-state index is 5.42. The van der Waals surface area contributed by atoms with Crippen LogP contribution in [0, 0.1) is 0 Å². The normalized spacial score (nSPS) is 12.5. The Morgan fingerprint density at radius 2 is 1.54 bits per heavy atom. The lowest BCUT2D eigenvalue weighted by molar-refractivity contribution is 0.122. The van der Waals surface area contributed by atoms with Gasteiger partial charge in [0.15, 0.2) is 0 Å². The van der Waals surface area contributed by atoms with Crippen LogP contribution in [0.3, 0.4) is 0 Å². The van der Waals surface area contributed by atoms with Gasteiger partial charge in [-0.25, -0.2) is 0 Å². The van der Waals surface area contributed by atoms with Crippen molar-refractivity contribution in [3.8, 4) is 0 Å². The molecule has 0 atom stereocenters. The largest absolute Gasteiger partial charge is 0.500 e. The molecule has 0 aliphatic heterocycles. The third-order valence-electron chi connectivity index (χ3n) is 1.95. The van der Waals surface area contributed by atoms with E-state index < -0.39 is 8.80 Å². The average molecular weight is 208 g/mol.